The number of furan rings is 1. The highest BCUT2D eigenvalue weighted by molar-refractivity contribution is 5.84. The summed E-state index contributed by atoms with van der Waals surface area (Å²) in [6, 6.07) is 14.1. The van der Waals surface area contributed by atoms with Crippen molar-refractivity contribution in [2.24, 2.45) is 5.41 Å². The fourth-order valence-corrected chi connectivity index (χ4v) is 5.29. The van der Waals surface area contributed by atoms with Crippen LogP contribution in [0, 0.1) is 19.3 Å². The van der Waals surface area contributed by atoms with Crippen LogP contribution in [-0.4, -0.2) is 40.4 Å². The van der Waals surface area contributed by atoms with E-state index in [1.54, 1.807) is 6.26 Å². The minimum absolute atomic E-state index is 0.257. The van der Waals surface area contributed by atoms with Crippen LogP contribution in [0.4, 0.5) is 5.95 Å². The fraction of sp³-hybridized carbons (Fsp3) is 0.423. The molecule has 2 aliphatic heterocycles. The molecule has 1 spiro atoms. The van der Waals surface area contributed by atoms with Crippen molar-refractivity contribution in [1.29, 1.82) is 0 Å². The molecule has 4 heterocycles. The second-order valence-corrected chi connectivity index (χ2v) is 9.18. The van der Waals surface area contributed by atoms with E-state index in [0.29, 0.717) is 12.5 Å². The number of carbonyl (C=O) groups excluding carboxylic acids is 1. The first-order chi connectivity index (χ1) is 15.5. The van der Waals surface area contributed by atoms with Gasteiger partial charge in [-0.2, -0.15) is 0 Å². The Kier molecular flexibility index (Phi) is 5.45. The Balaban J connectivity index is 1.31. The zero-order chi connectivity index (χ0) is 22.1. The summed E-state index contributed by atoms with van der Waals surface area (Å²) in [5, 5.41) is 0. The summed E-state index contributed by atoms with van der Waals surface area (Å²) in [5.74, 6) is 1.95. The van der Waals surface area contributed by atoms with Gasteiger partial charge in [-0.1, -0.05) is 24.3 Å². The minimum Gasteiger partial charge on any atom is -0.464 e. The fourth-order valence-electron chi connectivity index (χ4n) is 5.29. The van der Waals surface area contributed by atoms with Gasteiger partial charge in [-0.25, -0.2) is 9.97 Å². The van der Waals surface area contributed by atoms with Crippen molar-refractivity contribution >= 4 is 11.9 Å². The summed E-state index contributed by atoms with van der Waals surface area (Å²) in [7, 11) is 0. The summed E-state index contributed by atoms with van der Waals surface area (Å²) in [6.07, 6.45) is 5.44. The molecule has 3 aromatic rings. The first-order valence-electron chi connectivity index (χ1n) is 11.5. The van der Waals surface area contributed by atoms with Crippen molar-refractivity contribution < 1.29 is 9.21 Å². The van der Waals surface area contributed by atoms with Gasteiger partial charge in [0, 0.05) is 43.1 Å². The highest BCUT2D eigenvalue weighted by Crippen LogP contribution is 2.42. The highest BCUT2D eigenvalue weighted by Gasteiger charge is 2.46. The monoisotopic (exact) mass is 430 g/mol. The number of rotatable bonds is 4. The van der Waals surface area contributed by atoms with Crippen molar-refractivity contribution in [2.45, 2.75) is 46.1 Å². The molecule has 1 amide bonds. The number of anilines is 1. The molecule has 0 atom stereocenters. The van der Waals surface area contributed by atoms with Crippen molar-refractivity contribution in [3.63, 3.8) is 0 Å². The molecule has 0 radical (unpaired) electrons. The molecule has 2 aromatic heterocycles. The van der Waals surface area contributed by atoms with Gasteiger partial charge in [0.1, 0.15) is 5.76 Å². The van der Waals surface area contributed by atoms with Crippen LogP contribution in [0.25, 0.3) is 11.3 Å². The minimum atomic E-state index is -0.257. The van der Waals surface area contributed by atoms with Gasteiger partial charge in [0.25, 0.3) is 0 Å². The van der Waals surface area contributed by atoms with Gasteiger partial charge in [0.2, 0.25) is 11.9 Å². The molecule has 1 aromatic carbocycles. The van der Waals surface area contributed by atoms with Gasteiger partial charge in [-0.05, 0) is 63.3 Å². The molecular formula is C26H30N4O2. The maximum absolute atomic E-state index is 13.7. The zero-order valence-corrected chi connectivity index (χ0v) is 18.9. The molecule has 2 saturated heterocycles. The normalized spacial score (nSPS) is 18.4. The lowest BCUT2D eigenvalue weighted by molar-refractivity contribution is -0.148. The third-order valence-electron chi connectivity index (χ3n) is 6.96. The summed E-state index contributed by atoms with van der Waals surface area (Å²) < 4.78 is 5.64. The zero-order valence-electron chi connectivity index (χ0n) is 18.9. The first kappa shape index (κ1) is 20.7. The molecule has 0 N–H and O–H groups in total. The van der Waals surface area contributed by atoms with E-state index < -0.39 is 0 Å². The van der Waals surface area contributed by atoms with Gasteiger partial charge in [-0.3, -0.25) is 4.79 Å². The van der Waals surface area contributed by atoms with E-state index in [-0.39, 0.29) is 5.41 Å². The standard InChI is InChI=1S/C26H30N4O2/c1-19-17-20(2)28-25(27-19)29-14-11-26(12-15-29)10-6-13-30(24(26)31)18-21-7-3-4-8-22(21)23-9-5-16-32-23/h3-5,7-9,16-17H,6,10-15,18H2,1-2H3. The van der Waals surface area contributed by atoms with E-state index in [2.05, 4.69) is 31.9 Å². The number of nitrogens with zero attached hydrogens (tertiary/aromatic N) is 4. The van der Waals surface area contributed by atoms with E-state index in [4.69, 9.17) is 4.42 Å². The predicted octanol–water partition coefficient (Wildman–Crippen LogP) is 4.76. The number of piperidine rings is 2. The van der Waals surface area contributed by atoms with Crippen molar-refractivity contribution in [3.05, 3.63) is 65.7 Å². The number of amides is 1. The van der Waals surface area contributed by atoms with Crippen molar-refractivity contribution in [2.75, 3.05) is 24.5 Å². The van der Waals surface area contributed by atoms with Crippen LogP contribution in [0.2, 0.25) is 0 Å². The van der Waals surface area contributed by atoms with E-state index in [9.17, 15) is 4.79 Å². The Morgan fingerprint density at radius 3 is 2.44 bits per heavy atom. The molecule has 0 bridgehead atoms. The summed E-state index contributed by atoms with van der Waals surface area (Å²) in [6.45, 7) is 7.11. The van der Waals surface area contributed by atoms with Gasteiger partial charge >= 0.3 is 0 Å². The first-order valence-corrected chi connectivity index (χ1v) is 11.5. The topological polar surface area (TPSA) is 62.5 Å². The Labute approximate surface area is 189 Å². The molecule has 5 rings (SSSR count). The molecule has 32 heavy (non-hydrogen) atoms. The van der Waals surface area contributed by atoms with Gasteiger partial charge in [-0.15, -0.1) is 0 Å². The van der Waals surface area contributed by atoms with E-state index in [0.717, 1.165) is 79.5 Å². The lowest BCUT2D eigenvalue weighted by Gasteiger charge is -2.46. The van der Waals surface area contributed by atoms with E-state index in [1.807, 2.05) is 44.2 Å². The van der Waals surface area contributed by atoms with E-state index in [1.165, 1.54) is 0 Å². The largest absolute Gasteiger partial charge is 0.464 e. The molecule has 6 nitrogen and oxygen atoms in total. The molecule has 0 aliphatic carbocycles. The average molecular weight is 431 g/mol. The van der Waals surface area contributed by atoms with Crippen LogP contribution in [0.3, 0.4) is 0 Å². The van der Waals surface area contributed by atoms with Crippen LogP contribution < -0.4 is 4.90 Å². The van der Waals surface area contributed by atoms with Gasteiger partial charge in [0.05, 0.1) is 11.7 Å². The Hall–Kier alpha value is -3.15. The van der Waals surface area contributed by atoms with Crippen molar-refractivity contribution in [3.8, 4) is 11.3 Å². The third kappa shape index (κ3) is 3.90. The Bertz CT molecular complexity index is 1080. The molecule has 2 aliphatic rings. The summed E-state index contributed by atoms with van der Waals surface area (Å²) >= 11 is 0. The smallest absolute Gasteiger partial charge is 0.229 e. The van der Waals surface area contributed by atoms with Crippen LogP contribution in [-0.2, 0) is 11.3 Å². The molecule has 2 fully saturated rings. The maximum atomic E-state index is 13.7. The van der Waals surface area contributed by atoms with E-state index >= 15 is 0 Å². The number of carbonyl (C=O) groups is 1. The van der Waals surface area contributed by atoms with Gasteiger partial charge < -0.3 is 14.2 Å². The number of aromatic nitrogens is 2. The number of aryl methyl sites for hydroxylation is 2. The number of hydrogen-bond acceptors (Lipinski definition) is 5. The highest BCUT2D eigenvalue weighted by atomic mass is 16.3. The Morgan fingerprint density at radius 2 is 1.72 bits per heavy atom. The molecule has 0 unspecified atom stereocenters. The van der Waals surface area contributed by atoms with Gasteiger partial charge in [0.15, 0.2) is 0 Å². The lowest BCUT2D eigenvalue weighted by atomic mass is 9.71. The maximum Gasteiger partial charge on any atom is 0.229 e. The second kappa shape index (κ2) is 8.41. The molecule has 0 saturated carbocycles. The van der Waals surface area contributed by atoms with Crippen LogP contribution in [0.1, 0.15) is 42.6 Å². The van der Waals surface area contributed by atoms with Crippen LogP contribution in [0.5, 0.6) is 0 Å². The summed E-state index contributed by atoms with van der Waals surface area (Å²) in [5.41, 5.74) is 3.92. The second-order valence-electron chi connectivity index (χ2n) is 9.18. The number of benzene rings is 1. The lowest BCUT2D eigenvalue weighted by Crippen LogP contribution is -2.53. The Morgan fingerprint density at radius 1 is 0.969 bits per heavy atom. The molecule has 6 heteroatoms. The quantitative estimate of drug-likeness (QED) is 0.597. The average Bonchev–Trinajstić information content (AvgIpc) is 3.32. The third-order valence-corrected chi connectivity index (χ3v) is 6.96. The molecular weight excluding hydrogens is 400 g/mol. The van der Waals surface area contributed by atoms with Crippen LogP contribution in [0.15, 0.2) is 53.1 Å². The van der Waals surface area contributed by atoms with Crippen molar-refractivity contribution in [1.82, 2.24) is 14.9 Å². The SMILES string of the molecule is Cc1cc(C)nc(N2CCC3(CCCN(Cc4ccccc4-c4ccco4)C3=O)CC2)n1. The van der Waals surface area contributed by atoms with Crippen LogP contribution >= 0.6 is 0 Å². The number of hydrogen-bond donors (Lipinski definition) is 0. The predicted molar refractivity (Wildman–Crippen MR) is 124 cm³/mol. The molecule has 166 valence electrons. The summed E-state index contributed by atoms with van der Waals surface area (Å²) in [4.78, 5) is 27.3. The number of likely N-dealkylation sites (tertiary alicyclic amines) is 1.